The van der Waals surface area contributed by atoms with Crippen LogP contribution in [0.2, 0.25) is 0 Å². The van der Waals surface area contributed by atoms with Gasteiger partial charge in [0.05, 0.1) is 72.7 Å². The van der Waals surface area contributed by atoms with Gasteiger partial charge in [-0.25, -0.2) is 0 Å². The lowest BCUT2D eigenvalue weighted by Gasteiger charge is -2.09. The van der Waals surface area contributed by atoms with Gasteiger partial charge in [-0.1, -0.05) is 25.0 Å². The van der Waals surface area contributed by atoms with E-state index in [-0.39, 0.29) is 18.2 Å². The molecule has 0 aliphatic heterocycles. The van der Waals surface area contributed by atoms with Crippen molar-refractivity contribution in [3.05, 3.63) is 35.4 Å². The van der Waals surface area contributed by atoms with Crippen molar-refractivity contribution in [3.8, 4) is 0 Å². The third-order valence-electron chi connectivity index (χ3n) is 5.61. The van der Waals surface area contributed by atoms with Crippen LogP contribution in [0.5, 0.6) is 0 Å². The summed E-state index contributed by atoms with van der Waals surface area (Å²) in [5.74, 6) is 0.405. The number of alkyl halides is 1. The second kappa shape index (κ2) is 28.3. The average molecular weight is 604 g/mol. The minimum Gasteiger partial charge on any atom is -0.379 e. The Hall–Kier alpha value is -1.83. The summed E-state index contributed by atoms with van der Waals surface area (Å²) in [4.78, 5) is 24.6. The van der Waals surface area contributed by atoms with Crippen LogP contribution in [0.1, 0.15) is 48.0 Å². The molecule has 0 bridgehead atoms. The summed E-state index contributed by atoms with van der Waals surface area (Å²) < 4.78 is 32.4. The van der Waals surface area contributed by atoms with E-state index < -0.39 is 0 Å². The van der Waals surface area contributed by atoms with Crippen LogP contribution in [0.4, 0.5) is 0 Å². The molecule has 0 atom stereocenters. The Balaban J connectivity index is 2.01. The first kappa shape index (κ1) is 37.2. The molecule has 0 saturated carbocycles. The third-order valence-corrected chi connectivity index (χ3v) is 5.87. The fourth-order valence-corrected chi connectivity index (χ4v) is 3.62. The average Bonchev–Trinajstić information content (AvgIpc) is 2.99. The van der Waals surface area contributed by atoms with E-state index in [1.807, 2.05) is 6.07 Å². The lowest BCUT2D eigenvalue weighted by Crippen LogP contribution is -2.28. The van der Waals surface area contributed by atoms with Crippen LogP contribution in [0, 0.1) is 0 Å². The predicted octanol–water partition coefficient (Wildman–Crippen LogP) is 2.28. The largest absolute Gasteiger partial charge is 0.379 e. The zero-order chi connectivity index (χ0) is 29.6. The van der Waals surface area contributed by atoms with Crippen molar-refractivity contribution in [2.75, 3.05) is 98.3 Å². The maximum atomic E-state index is 12.4. The van der Waals surface area contributed by atoms with Gasteiger partial charge in [0.2, 0.25) is 5.91 Å². The summed E-state index contributed by atoms with van der Waals surface area (Å²) in [6, 6.07) is 7.16. The van der Waals surface area contributed by atoms with Gasteiger partial charge in [0.15, 0.2) is 0 Å². The first-order valence-electron chi connectivity index (χ1n) is 14.5. The van der Waals surface area contributed by atoms with Crippen molar-refractivity contribution in [1.29, 1.82) is 0 Å². The number of nitrogens with one attached hydrogen (secondary N) is 2. The molecule has 1 aromatic carbocycles. The SMILES string of the molecule is NCCOCCOCCOCCOCCC(=O)NCc1cccc(C(=O)NCCOCCOCCCCCCCl)c1. The van der Waals surface area contributed by atoms with Crippen LogP contribution in [-0.2, 0) is 39.8 Å². The number of amides is 2. The molecule has 0 saturated heterocycles. The molecular formula is C29H50ClN3O8. The Morgan fingerprint density at radius 2 is 1.27 bits per heavy atom. The van der Waals surface area contributed by atoms with Gasteiger partial charge in [-0.15, -0.1) is 11.6 Å². The van der Waals surface area contributed by atoms with Gasteiger partial charge in [0.25, 0.3) is 5.91 Å². The minimum atomic E-state index is -0.186. The highest BCUT2D eigenvalue weighted by Crippen LogP contribution is 2.05. The fraction of sp³-hybridized carbons (Fsp3) is 0.724. The van der Waals surface area contributed by atoms with Gasteiger partial charge < -0.3 is 44.8 Å². The number of benzene rings is 1. The molecule has 1 rings (SSSR count). The van der Waals surface area contributed by atoms with Crippen molar-refractivity contribution in [2.45, 2.75) is 38.6 Å². The molecule has 0 aliphatic carbocycles. The van der Waals surface area contributed by atoms with E-state index in [1.165, 1.54) is 0 Å². The zero-order valence-corrected chi connectivity index (χ0v) is 25.1. The monoisotopic (exact) mass is 603 g/mol. The van der Waals surface area contributed by atoms with E-state index in [0.717, 1.165) is 43.7 Å². The van der Waals surface area contributed by atoms with Gasteiger partial charge in [-0.05, 0) is 30.5 Å². The first-order chi connectivity index (χ1) is 20.2. The molecule has 12 heteroatoms. The molecule has 41 heavy (non-hydrogen) atoms. The van der Waals surface area contributed by atoms with Crippen LogP contribution in [0.25, 0.3) is 0 Å². The molecule has 0 unspecified atom stereocenters. The Morgan fingerprint density at radius 3 is 1.93 bits per heavy atom. The molecule has 0 heterocycles. The van der Waals surface area contributed by atoms with Gasteiger partial charge in [-0.2, -0.15) is 0 Å². The topological polar surface area (TPSA) is 140 Å². The first-order valence-corrected chi connectivity index (χ1v) is 15.1. The highest BCUT2D eigenvalue weighted by molar-refractivity contribution is 6.17. The van der Waals surface area contributed by atoms with Crippen LogP contribution in [0.3, 0.4) is 0 Å². The molecule has 4 N–H and O–H groups in total. The predicted molar refractivity (Wildman–Crippen MR) is 158 cm³/mol. The highest BCUT2D eigenvalue weighted by Gasteiger charge is 2.07. The van der Waals surface area contributed by atoms with Crippen molar-refractivity contribution in [3.63, 3.8) is 0 Å². The van der Waals surface area contributed by atoms with Crippen molar-refractivity contribution < 1.29 is 38.0 Å². The summed E-state index contributed by atoms with van der Waals surface area (Å²) in [5.41, 5.74) is 6.70. The Kier molecular flexibility index (Phi) is 25.7. The number of carbonyl (C=O) groups excluding carboxylic acids is 2. The van der Waals surface area contributed by atoms with Crippen LogP contribution in [-0.4, -0.2) is 110 Å². The molecule has 236 valence electrons. The van der Waals surface area contributed by atoms with Crippen molar-refractivity contribution in [2.24, 2.45) is 5.73 Å². The summed E-state index contributed by atoms with van der Waals surface area (Å²) in [5, 5.41) is 5.69. The van der Waals surface area contributed by atoms with Crippen LogP contribution < -0.4 is 16.4 Å². The van der Waals surface area contributed by atoms with E-state index in [0.29, 0.717) is 97.9 Å². The molecular weight excluding hydrogens is 554 g/mol. The second-order valence-corrected chi connectivity index (χ2v) is 9.43. The smallest absolute Gasteiger partial charge is 0.251 e. The quantitative estimate of drug-likeness (QED) is 0.0929. The Morgan fingerprint density at radius 1 is 0.683 bits per heavy atom. The molecule has 0 radical (unpaired) electrons. The molecule has 2 amide bonds. The zero-order valence-electron chi connectivity index (χ0n) is 24.4. The maximum absolute atomic E-state index is 12.4. The number of hydrogen-bond donors (Lipinski definition) is 3. The second-order valence-electron chi connectivity index (χ2n) is 9.05. The van der Waals surface area contributed by atoms with Crippen LogP contribution in [0.15, 0.2) is 24.3 Å². The lowest BCUT2D eigenvalue weighted by molar-refractivity contribution is -0.122. The van der Waals surface area contributed by atoms with Gasteiger partial charge in [0.1, 0.15) is 0 Å². The molecule has 0 fully saturated rings. The van der Waals surface area contributed by atoms with Gasteiger partial charge in [-0.3, -0.25) is 9.59 Å². The van der Waals surface area contributed by atoms with E-state index in [2.05, 4.69) is 10.6 Å². The number of ether oxygens (including phenoxy) is 6. The summed E-state index contributed by atoms with van der Waals surface area (Å²) in [6.07, 6.45) is 4.60. The van der Waals surface area contributed by atoms with Gasteiger partial charge in [0, 0.05) is 44.1 Å². The number of hydrogen-bond acceptors (Lipinski definition) is 9. The number of carbonyl (C=O) groups is 2. The maximum Gasteiger partial charge on any atom is 0.251 e. The van der Waals surface area contributed by atoms with Crippen LogP contribution >= 0.6 is 11.6 Å². The number of rotatable bonds is 29. The minimum absolute atomic E-state index is 0.126. The highest BCUT2D eigenvalue weighted by atomic mass is 35.5. The van der Waals surface area contributed by atoms with Crippen molar-refractivity contribution in [1.82, 2.24) is 10.6 Å². The Labute approximate surface area is 250 Å². The Bertz CT molecular complexity index is 775. The van der Waals surface area contributed by atoms with E-state index in [1.54, 1.807) is 18.2 Å². The summed E-state index contributed by atoms with van der Waals surface area (Å²) in [7, 11) is 0. The summed E-state index contributed by atoms with van der Waals surface area (Å²) >= 11 is 5.65. The molecule has 1 aromatic rings. The molecule has 0 spiro atoms. The molecule has 0 aliphatic rings. The number of nitrogens with two attached hydrogens (primary N) is 1. The van der Waals surface area contributed by atoms with E-state index >= 15 is 0 Å². The fourth-order valence-electron chi connectivity index (χ4n) is 3.43. The number of halogens is 1. The standard InChI is InChI=1S/C29H50ClN3O8/c30-9-3-1-2-4-12-36-16-19-39-15-11-32-29(35)27-7-5-6-26(24-27)25-33-28(34)8-13-37-17-20-40-22-23-41-21-18-38-14-10-31/h5-7,24H,1-4,8-23,25,31H2,(H,32,35)(H,33,34). The van der Waals surface area contributed by atoms with Crippen molar-refractivity contribution >= 4 is 23.4 Å². The third kappa shape index (κ3) is 23.4. The van der Waals surface area contributed by atoms with E-state index in [4.69, 9.17) is 45.8 Å². The summed E-state index contributed by atoms with van der Waals surface area (Å²) in [6.45, 7) is 7.07. The van der Waals surface area contributed by atoms with Gasteiger partial charge >= 0.3 is 0 Å². The normalized spacial score (nSPS) is 11.1. The van der Waals surface area contributed by atoms with E-state index in [9.17, 15) is 9.59 Å². The number of unbranched alkanes of at least 4 members (excludes halogenated alkanes) is 3. The lowest BCUT2D eigenvalue weighted by atomic mass is 10.1. The molecule has 11 nitrogen and oxygen atoms in total. The molecule has 0 aromatic heterocycles.